The van der Waals surface area contributed by atoms with E-state index in [2.05, 4.69) is 11.9 Å². The molecule has 2 bridgehead atoms. The van der Waals surface area contributed by atoms with Gasteiger partial charge in [-0.25, -0.2) is 0 Å². The van der Waals surface area contributed by atoms with E-state index in [0.29, 0.717) is 30.9 Å². The van der Waals surface area contributed by atoms with Gasteiger partial charge in [0.2, 0.25) is 0 Å². The zero-order valence-electron chi connectivity index (χ0n) is 13.6. The second-order valence-corrected chi connectivity index (χ2v) is 6.81. The summed E-state index contributed by atoms with van der Waals surface area (Å²) in [5.41, 5.74) is 0.946. The Kier molecular flexibility index (Phi) is 3.87. The number of benzene rings is 1. The minimum Gasteiger partial charge on any atom is -0.462 e. The van der Waals surface area contributed by atoms with Crippen molar-refractivity contribution >= 4 is 5.97 Å². The van der Waals surface area contributed by atoms with Gasteiger partial charge in [0.15, 0.2) is 0 Å². The van der Waals surface area contributed by atoms with Crippen LogP contribution in [-0.4, -0.2) is 62.0 Å². The molecule has 1 aromatic rings. The first-order valence-electron chi connectivity index (χ1n) is 8.31. The number of piperidine rings is 1. The van der Waals surface area contributed by atoms with Gasteiger partial charge >= 0.3 is 5.97 Å². The van der Waals surface area contributed by atoms with Gasteiger partial charge in [0.25, 0.3) is 0 Å². The maximum Gasteiger partial charge on any atom is 0.316 e. The SMILES string of the molecule is COC[C@@H](C(=O)O[C@@H]1C[C@@H]2[C@H]3O[C@H]3[C@H](C1)N2C)c1ccccc1. The first-order chi connectivity index (χ1) is 11.2. The minimum absolute atomic E-state index is 0.00633. The predicted octanol–water partition coefficient (Wildman–Crippen LogP) is 1.57. The first-order valence-corrected chi connectivity index (χ1v) is 8.31. The van der Waals surface area contributed by atoms with Crippen LogP contribution in [0.25, 0.3) is 0 Å². The molecule has 124 valence electrons. The average molecular weight is 317 g/mol. The Morgan fingerprint density at radius 2 is 1.91 bits per heavy atom. The number of methoxy groups -OCH3 is 1. The van der Waals surface area contributed by atoms with Gasteiger partial charge < -0.3 is 14.2 Å². The lowest BCUT2D eigenvalue weighted by molar-refractivity contribution is -0.156. The number of epoxide rings is 1. The van der Waals surface area contributed by atoms with Crippen molar-refractivity contribution in [2.45, 2.75) is 49.2 Å². The Morgan fingerprint density at radius 1 is 1.26 bits per heavy atom. The predicted molar refractivity (Wildman–Crippen MR) is 84.2 cm³/mol. The molecular formula is C18H23NO4. The molecule has 0 unspecified atom stereocenters. The largest absolute Gasteiger partial charge is 0.462 e. The highest BCUT2D eigenvalue weighted by Crippen LogP contribution is 2.48. The smallest absolute Gasteiger partial charge is 0.316 e. The number of hydrogen-bond acceptors (Lipinski definition) is 5. The van der Waals surface area contributed by atoms with E-state index >= 15 is 0 Å². The summed E-state index contributed by atoms with van der Waals surface area (Å²) in [6, 6.07) is 10.5. The van der Waals surface area contributed by atoms with E-state index < -0.39 is 0 Å². The van der Waals surface area contributed by atoms with Gasteiger partial charge in [0, 0.05) is 32.0 Å². The Bertz CT molecular complexity index is 560. The molecule has 0 N–H and O–H groups in total. The number of likely N-dealkylation sites (N-methyl/N-ethyl adjacent to an activating group) is 1. The molecule has 3 heterocycles. The van der Waals surface area contributed by atoms with Crippen molar-refractivity contribution in [3.05, 3.63) is 35.9 Å². The number of nitrogens with zero attached hydrogens (tertiary/aromatic N) is 1. The number of esters is 1. The van der Waals surface area contributed by atoms with E-state index in [1.165, 1.54) is 0 Å². The van der Waals surface area contributed by atoms with Crippen molar-refractivity contribution in [2.75, 3.05) is 20.8 Å². The van der Waals surface area contributed by atoms with Crippen molar-refractivity contribution in [2.24, 2.45) is 0 Å². The number of carbonyl (C=O) groups is 1. The number of hydrogen-bond donors (Lipinski definition) is 0. The Hall–Kier alpha value is -1.43. The highest BCUT2D eigenvalue weighted by Gasteiger charge is 2.62. The lowest BCUT2D eigenvalue weighted by Crippen LogP contribution is -2.48. The number of rotatable bonds is 5. The van der Waals surface area contributed by atoms with Crippen molar-refractivity contribution in [3.8, 4) is 0 Å². The molecule has 3 saturated heterocycles. The van der Waals surface area contributed by atoms with Crippen molar-refractivity contribution in [1.82, 2.24) is 4.90 Å². The van der Waals surface area contributed by atoms with Gasteiger partial charge in [-0.3, -0.25) is 9.69 Å². The second-order valence-electron chi connectivity index (χ2n) is 6.81. The fourth-order valence-electron chi connectivity index (χ4n) is 4.20. The topological polar surface area (TPSA) is 51.3 Å². The molecule has 5 heteroatoms. The summed E-state index contributed by atoms with van der Waals surface area (Å²) in [6.45, 7) is 0.344. The van der Waals surface area contributed by atoms with Crippen LogP contribution in [-0.2, 0) is 19.0 Å². The van der Waals surface area contributed by atoms with E-state index in [0.717, 1.165) is 18.4 Å². The van der Waals surface area contributed by atoms with Crippen LogP contribution in [0, 0.1) is 0 Å². The number of fused-ring (bicyclic) bond motifs is 5. The molecule has 0 radical (unpaired) electrons. The Labute approximate surface area is 136 Å². The van der Waals surface area contributed by atoms with E-state index in [1.807, 2.05) is 30.3 Å². The standard InChI is InChI=1S/C18H23NO4/c1-19-14-8-12(9-15(19)17-16(14)23-17)22-18(20)13(10-21-2)11-6-4-3-5-7-11/h3-7,12-17H,8-10H2,1-2H3/t12-,13-,14-,15+,16-,17+/m1/s1. The molecule has 0 spiro atoms. The van der Waals surface area contributed by atoms with Crippen LogP contribution in [0.3, 0.4) is 0 Å². The highest BCUT2D eigenvalue weighted by molar-refractivity contribution is 5.78. The molecule has 1 aromatic carbocycles. The van der Waals surface area contributed by atoms with Gasteiger partial charge in [-0.15, -0.1) is 0 Å². The van der Waals surface area contributed by atoms with Crippen LogP contribution in [0.1, 0.15) is 24.3 Å². The Balaban J connectivity index is 1.43. The van der Waals surface area contributed by atoms with Crippen molar-refractivity contribution < 1.29 is 19.0 Å². The van der Waals surface area contributed by atoms with Crippen LogP contribution >= 0.6 is 0 Å². The summed E-state index contributed by atoms with van der Waals surface area (Å²) in [5, 5.41) is 0. The monoisotopic (exact) mass is 317 g/mol. The maximum absolute atomic E-state index is 12.7. The van der Waals surface area contributed by atoms with E-state index in [-0.39, 0.29) is 18.0 Å². The molecule has 3 aliphatic heterocycles. The summed E-state index contributed by atoms with van der Waals surface area (Å²) in [5.74, 6) is -0.536. The summed E-state index contributed by atoms with van der Waals surface area (Å²) in [7, 11) is 3.77. The van der Waals surface area contributed by atoms with Gasteiger partial charge in [-0.05, 0) is 12.6 Å². The molecule has 6 atom stereocenters. The first kappa shape index (κ1) is 15.1. The van der Waals surface area contributed by atoms with E-state index in [1.54, 1.807) is 7.11 Å². The van der Waals surface area contributed by atoms with Gasteiger partial charge in [-0.2, -0.15) is 0 Å². The number of carbonyl (C=O) groups excluding carboxylic acids is 1. The van der Waals surface area contributed by atoms with Gasteiger partial charge in [0.05, 0.1) is 6.61 Å². The maximum atomic E-state index is 12.7. The third-order valence-corrected chi connectivity index (χ3v) is 5.48. The minimum atomic E-state index is -0.357. The molecule has 0 aliphatic carbocycles. The highest BCUT2D eigenvalue weighted by atomic mass is 16.6. The molecule has 5 nitrogen and oxygen atoms in total. The van der Waals surface area contributed by atoms with Crippen molar-refractivity contribution in [3.63, 3.8) is 0 Å². The Morgan fingerprint density at radius 3 is 2.52 bits per heavy atom. The zero-order valence-corrected chi connectivity index (χ0v) is 13.6. The fourth-order valence-corrected chi connectivity index (χ4v) is 4.20. The van der Waals surface area contributed by atoms with Crippen LogP contribution in [0.2, 0.25) is 0 Å². The summed E-state index contributed by atoms with van der Waals surface area (Å²) < 4.78 is 16.8. The van der Waals surface area contributed by atoms with Crippen LogP contribution in [0.4, 0.5) is 0 Å². The van der Waals surface area contributed by atoms with Crippen LogP contribution in [0.5, 0.6) is 0 Å². The van der Waals surface area contributed by atoms with E-state index in [4.69, 9.17) is 14.2 Å². The lowest BCUT2D eigenvalue weighted by Gasteiger charge is -2.38. The molecule has 0 aromatic heterocycles. The lowest BCUT2D eigenvalue weighted by atomic mass is 9.97. The molecular weight excluding hydrogens is 294 g/mol. The molecule has 0 saturated carbocycles. The molecule has 4 rings (SSSR count). The second kappa shape index (κ2) is 5.89. The molecule has 3 fully saturated rings. The quantitative estimate of drug-likeness (QED) is 0.609. The molecule has 23 heavy (non-hydrogen) atoms. The van der Waals surface area contributed by atoms with Gasteiger partial charge in [-0.1, -0.05) is 30.3 Å². The van der Waals surface area contributed by atoms with E-state index in [9.17, 15) is 4.79 Å². The van der Waals surface area contributed by atoms with Crippen LogP contribution in [0.15, 0.2) is 30.3 Å². The molecule has 0 amide bonds. The number of ether oxygens (including phenoxy) is 3. The average Bonchev–Trinajstić information content (AvgIpc) is 3.31. The normalized spacial score (nSPS) is 36.3. The molecule has 3 aliphatic rings. The van der Waals surface area contributed by atoms with Gasteiger partial charge in [0.1, 0.15) is 24.2 Å². The van der Waals surface area contributed by atoms with Crippen molar-refractivity contribution in [1.29, 1.82) is 0 Å². The zero-order chi connectivity index (χ0) is 16.0. The van der Waals surface area contributed by atoms with Crippen LogP contribution < -0.4 is 0 Å². The summed E-state index contributed by atoms with van der Waals surface area (Å²) in [6.07, 6.45) is 2.45. The fraction of sp³-hybridized carbons (Fsp3) is 0.611. The summed E-state index contributed by atoms with van der Waals surface area (Å²) >= 11 is 0. The third kappa shape index (κ3) is 2.67. The third-order valence-electron chi connectivity index (χ3n) is 5.48. The number of morpholine rings is 1. The summed E-state index contributed by atoms with van der Waals surface area (Å²) in [4.78, 5) is 15.1.